The fourth-order valence-electron chi connectivity index (χ4n) is 3.11. The second-order valence-corrected chi connectivity index (χ2v) is 6.26. The molecule has 1 aromatic carbocycles. The van der Waals surface area contributed by atoms with Crippen molar-refractivity contribution in [3.05, 3.63) is 60.0 Å². The van der Waals surface area contributed by atoms with Crippen molar-refractivity contribution in [1.29, 1.82) is 0 Å². The fraction of sp³-hybridized carbons (Fsp3) is 0.100. The van der Waals surface area contributed by atoms with Crippen molar-refractivity contribution in [3.8, 4) is 22.8 Å². The van der Waals surface area contributed by atoms with Crippen molar-refractivity contribution in [1.82, 2.24) is 15.1 Å². The highest BCUT2D eigenvalue weighted by Crippen LogP contribution is 2.36. The molecule has 0 saturated carbocycles. The number of pyridine rings is 2. The van der Waals surface area contributed by atoms with E-state index in [1.807, 2.05) is 18.2 Å². The topological polar surface area (TPSA) is 99.4 Å². The molecule has 0 fully saturated rings. The molecule has 0 bridgehead atoms. The second kappa shape index (κ2) is 6.34. The normalized spacial score (nSPS) is 12.3. The lowest BCUT2D eigenvalue weighted by Gasteiger charge is -2.08. The van der Waals surface area contributed by atoms with Gasteiger partial charge in [0.1, 0.15) is 0 Å². The third-order valence-corrected chi connectivity index (χ3v) is 4.47. The molecule has 0 radical (unpaired) electrons. The first kappa shape index (κ1) is 16.2. The molecule has 8 heteroatoms. The Kier molecular flexibility index (Phi) is 3.68. The molecule has 1 aliphatic rings. The molecule has 4 heterocycles. The van der Waals surface area contributed by atoms with Crippen LogP contribution < -0.4 is 14.8 Å². The fourth-order valence-corrected chi connectivity index (χ4v) is 3.11. The largest absolute Gasteiger partial charge is 0.454 e. The molecule has 8 nitrogen and oxygen atoms in total. The molecule has 0 unspecified atom stereocenters. The van der Waals surface area contributed by atoms with Crippen molar-refractivity contribution in [2.24, 2.45) is 0 Å². The average Bonchev–Trinajstić information content (AvgIpc) is 3.34. The van der Waals surface area contributed by atoms with E-state index in [9.17, 15) is 4.79 Å². The first-order valence-electron chi connectivity index (χ1n) is 8.57. The molecule has 0 aliphatic carbocycles. The number of aromatic nitrogens is 3. The minimum atomic E-state index is -0.285. The van der Waals surface area contributed by atoms with Crippen LogP contribution >= 0.6 is 0 Å². The zero-order valence-corrected chi connectivity index (χ0v) is 14.8. The molecule has 1 aliphatic heterocycles. The highest BCUT2D eigenvalue weighted by molar-refractivity contribution is 6.13. The number of amides is 1. The van der Waals surface area contributed by atoms with Crippen molar-refractivity contribution < 1.29 is 18.8 Å². The van der Waals surface area contributed by atoms with Crippen LogP contribution in [0, 0.1) is 6.92 Å². The van der Waals surface area contributed by atoms with E-state index in [0.29, 0.717) is 45.2 Å². The zero-order chi connectivity index (χ0) is 19.1. The van der Waals surface area contributed by atoms with Gasteiger partial charge in [-0.25, -0.2) is 4.98 Å². The van der Waals surface area contributed by atoms with Gasteiger partial charge >= 0.3 is 0 Å². The van der Waals surface area contributed by atoms with Crippen molar-refractivity contribution >= 4 is 22.7 Å². The van der Waals surface area contributed by atoms with Gasteiger partial charge in [0.15, 0.2) is 11.5 Å². The number of carbonyl (C=O) groups excluding carboxylic acids is 1. The number of hydrogen-bond donors (Lipinski definition) is 1. The summed E-state index contributed by atoms with van der Waals surface area (Å²) in [5.74, 6) is 1.03. The molecule has 0 saturated heterocycles. The van der Waals surface area contributed by atoms with Crippen LogP contribution in [0.15, 0.2) is 53.3 Å². The van der Waals surface area contributed by atoms with Crippen molar-refractivity contribution in [2.45, 2.75) is 6.92 Å². The van der Waals surface area contributed by atoms with Gasteiger partial charge in [0.2, 0.25) is 6.79 Å². The van der Waals surface area contributed by atoms with Gasteiger partial charge in [-0.3, -0.25) is 9.78 Å². The number of carbonyl (C=O) groups is 1. The summed E-state index contributed by atoms with van der Waals surface area (Å²) >= 11 is 0. The van der Waals surface area contributed by atoms with E-state index >= 15 is 0 Å². The Hall–Kier alpha value is -3.94. The van der Waals surface area contributed by atoms with Crippen LogP contribution in [0.3, 0.4) is 0 Å². The Morgan fingerprint density at radius 3 is 2.75 bits per heavy atom. The summed E-state index contributed by atoms with van der Waals surface area (Å²) in [6, 6.07) is 10.7. The molecule has 1 amide bonds. The Morgan fingerprint density at radius 1 is 1.07 bits per heavy atom. The van der Waals surface area contributed by atoms with Crippen LogP contribution in [0.25, 0.3) is 22.4 Å². The van der Waals surface area contributed by atoms with Crippen molar-refractivity contribution in [3.63, 3.8) is 0 Å². The van der Waals surface area contributed by atoms with E-state index in [2.05, 4.69) is 20.4 Å². The molecular weight excluding hydrogens is 360 g/mol. The summed E-state index contributed by atoms with van der Waals surface area (Å²) in [6.45, 7) is 1.96. The lowest BCUT2D eigenvalue weighted by Crippen LogP contribution is -2.13. The predicted molar refractivity (Wildman–Crippen MR) is 100 cm³/mol. The van der Waals surface area contributed by atoms with Crippen LogP contribution in [0.2, 0.25) is 0 Å². The molecular formula is C20H14N4O4. The van der Waals surface area contributed by atoms with Crippen LogP contribution in [-0.2, 0) is 0 Å². The molecule has 4 aromatic rings. The molecule has 3 aromatic heterocycles. The molecule has 28 heavy (non-hydrogen) atoms. The molecule has 138 valence electrons. The number of rotatable bonds is 3. The van der Waals surface area contributed by atoms with Gasteiger partial charge in [-0.05, 0) is 43.3 Å². The first-order chi connectivity index (χ1) is 13.7. The monoisotopic (exact) mass is 374 g/mol. The summed E-state index contributed by atoms with van der Waals surface area (Å²) < 4.78 is 16.1. The zero-order valence-electron chi connectivity index (χ0n) is 14.8. The lowest BCUT2D eigenvalue weighted by molar-refractivity contribution is 0.102. The maximum Gasteiger partial charge on any atom is 0.259 e. The summed E-state index contributed by atoms with van der Waals surface area (Å²) in [4.78, 5) is 21.5. The van der Waals surface area contributed by atoms with Gasteiger partial charge in [0.25, 0.3) is 11.6 Å². The SMILES string of the molecule is Cc1noc2nc(-c3ccc4c(c3)OCO4)cc(C(=O)Nc3ccncc3)c12. The average molecular weight is 374 g/mol. The van der Waals surface area contributed by atoms with E-state index in [0.717, 1.165) is 5.56 Å². The summed E-state index contributed by atoms with van der Waals surface area (Å²) in [5.41, 5.74) is 3.31. The second-order valence-electron chi connectivity index (χ2n) is 6.26. The first-order valence-corrected chi connectivity index (χ1v) is 8.57. The number of hydrogen-bond acceptors (Lipinski definition) is 7. The number of fused-ring (bicyclic) bond motifs is 2. The Morgan fingerprint density at radius 2 is 1.89 bits per heavy atom. The van der Waals surface area contributed by atoms with Gasteiger partial charge in [0.05, 0.1) is 22.3 Å². The number of ether oxygens (including phenoxy) is 2. The highest BCUT2D eigenvalue weighted by Gasteiger charge is 2.21. The molecule has 0 spiro atoms. The molecule has 5 rings (SSSR count). The number of anilines is 1. The quantitative estimate of drug-likeness (QED) is 0.585. The predicted octanol–water partition coefficient (Wildman–Crippen LogP) is 3.57. The lowest BCUT2D eigenvalue weighted by atomic mass is 10.0. The minimum Gasteiger partial charge on any atom is -0.454 e. The third kappa shape index (κ3) is 2.71. The Balaban J connectivity index is 1.61. The van der Waals surface area contributed by atoms with Crippen LogP contribution in [0.1, 0.15) is 16.1 Å². The van der Waals surface area contributed by atoms with Gasteiger partial charge < -0.3 is 19.3 Å². The van der Waals surface area contributed by atoms with E-state index in [1.54, 1.807) is 37.5 Å². The molecule has 0 atom stereocenters. The van der Waals surface area contributed by atoms with E-state index in [4.69, 9.17) is 14.0 Å². The summed E-state index contributed by atoms with van der Waals surface area (Å²) in [6.07, 6.45) is 3.22. The smallest absolute Gasteiger partial charge is 0.259 e. The Labute approximate surface area is 159 Å². The van der Waals surface area contributed by atoms with Gasteiger partial charge in [-0.1, -0.05) is 5.16 Å². The summed E-state index contributed by atoms with van der Waals surface area (Å²) in [7, 11) is 0. The van der Waals surface area contributed by atoms with E-state index in [1.165, 1.54) is 0 Å². The number of nitrogens with one attached hydrogen (secondary N) is 1. The maximum absolute atomic E-state index is 13.0. The minimum absolute atomic E-state index is 0.187. The van der Waals surface area contributed by atoms with Crippen LogP contribution in [0.4, 0.5) is 5.69 Å². The van der Waals surface area contributed by atoms with Gasteiger partial charge in [-0.15, -0.1) is 0 Å². The third-order valence-electron chi connectivity index (χ3n) is 4.47. The maximum atomic E-state index is 13.0. The van der Waals surface area contributed by atoms with Crippen molar-refractivity contribution in [2.75, 3.05) is 12.1 Å². The standard InChI is InChI=1S/C20H14N4O4/c1-11-18-14(19(25)22-13-4-6-21-7-5-13)9-15(23-20(18)28-24-11)12-2-3-16-17(8-12)27-10-26-16/h2-9H,10H2,1H3,(H,21,22,25). The number of benzene rings is 1. The highest BCUT2D eigenvalue weighted by atomic mass is 16.7. The summed E-state index contributed by atoms with van der Waals surface area (Å²) in [5, 5.41) is 7.41. The van der Waals surface area contributed by atoms with Gasteiger partial charge in [-0.2, -0.15) is 0 Å². The molecule has 1 N–H and O–H groups in total. The van der Waals surface area contributed by atoms with Crippen LogP contribution in [0.5, 0.6) is 11.5 Å². The van der Waals surface area contributed by atoms with Crippen LogP contribution in [-0.4, -0.2) is 27.8 Å². The van der Waals surface area contributed by atoms with Gasteiger partial charge in [0, 0.05) is 23.6 Å². The number of aryl methyl sites for hydroxylation is 1. The van der Waals surface area contributed by atoms with E-state index in [-0.39, 0.29) is 12.7 Å². The Bertz CT molecular complexity index is 1200. The number of nitrogens with zero attached hydrogens (tertiary/aromatic N) is 3. The van der Waals surface area contributed by atoms with E-state index < -0.39 is 0 Å².